The van der Waals surface area contributed by atoms with Gasteiger partial charge in [-0.1, -0.05) is 35.9 Å². The predicted octanol–water partition coefficient (Wildman–Crippen LogP) is 3.81. The number of nitrogens with zero attached hydrogens (tertiary/aromatic N) is 1. The lowest BCUT2D eigenvalue weighted by Crippen LogP contribution is -2.37. The van der Waals surface area contributed by atoms with Gasteiger partial charge in [-0.15, -0.1) is 0 Å². The molecule has 0 spiro atoms. The third-order valence-electron chi connectivity index (χ3n) is 4.48. The first kappa shape index (κ1) is 15.8. The smallest absolute Gasteiger partial charge is 0.336 e. The first-order valence-corrected chi connectivity index (χ1v) is 8.18. The highest BCUT2D eigenvalue weighted by Gasteiger charge is 2.44. The average molecular weight is 358 g/mol. The van der Waals surface area contributed by atoms with Crippen molar-refractivity contribution in [2.24, 2.45) is 0 Å². The number of para-hydroxylation sites is 1. The number of cyclic esters (lactones) is 1. The monoisotopic (exact) mass is 357 g/mol. The molecule has 25 heavy (non-hydrogen) atoms. The molecule has 0 fully saturated rings. The van der Waals surface area contributed by atoms with Gasteiger partial charge in [-0.05, 0) is 24.3 Å². The fourth-order valence-corrected chi connectivity index (χ4v) is 3.72. The molecule has 0 bridgehead atoms. The van der Waals surface area contributed by atoms with E-state index in [1.807, 2.05) is 6.07 Å². The van der Waals surface area contributed by atoms with Gasteiger partial charge in [-0.3, -0.25) is 9.69 Å². The average Bonchev–Trinajstić information content (AvgIpc) is 2.97. The van der Waals surface area contributed by atoms with Crippen LogP contribution in [0.1, 0.15) is 17.9 Å². The van der Waals surface area contributed by atoms with Crippen LogP contribution in [-0.2, 0) is 14.3 Å². The van der Waals surface area contributed by atoms with Gasteiger partial charge in [-0.25, -0.2) is 9.18 Å². The van der Waals surface area contributed by atoms with Crippen molar-refractivity contribution in [3.63, 3.8) is 0 Å². The Labute approximate surface area is 148 Å². The van der Waals surface area contributed by atoms with Crippen LogP contribution in [0.25, 0.3) is 0 Å². The summed E-state index contributed by atoms with van der Waals surface area (Å²) in [6.07, 6.45) is -0.0521. The third kappa shape index (κ3) is 2.51. The van der Waals surface area contributed by atoms with Crippen LogP contribution in [0.4, 0.5) is 10.1 Å². The van der Waals surface area contributed by atoms with Gasteiger partial charge in [0, 0.05) is 28.6 Å². The molecule has 2 aromatic carbocycles. The van der Waals surface area contributed by atoms with Crippen molar-refractivity contribution < 1.29 is 18.7 Å². The summed E-state index contributed by atoms with van der Waals surface area (Å²) < 4.78 is 19.5. The number of esters is 1. The van der Waals surface area contributed by atoms with E-state index < -0.39 is 17.7 Å². The van der Waals surface area contributed by atoms with E-state index in [1.165, 1.54) is 17.0 Å². The fourth-order valence-electron chi connectivity index (χ4n) is 3.42. The molecular weight excluding hydrogens is 345 g/mol. The Balaban J connectivity index is 1.89. The number of carbonyl (C=O) groups excluding carboxylic acids is 2. The molecule has 0 aromatic heterocycles. The lowest BCUT2D eigenvalue weighted by atomic mass is 9.83. The number of halogens is 2. The van der Waals surface area contributed by atoms with Gasteiger partial charge in [0.25, 0.3) is 0 Å². The molecule has 2 aliphatic heterocycles. The minimum atomic E-state index is -0.744. The van der Waals surface area contributed by atoms with Crippen molar-refractivity contribution in [1.82, 2.24) is 0 Å². The van der Waals surface area contributed by atoms with E-state index in [1.54, 1.807) is 30.3 Å². The van der Waals surface area contributed by atoms with Gasteiger partial charge in [-0.2, -0.15) is 0 Å². The van der Waals surface area contributed by atoms with E-state index in [-0.39, 0.29) is 29.5 Å². The second-order valence-corrected chi connectivity index (χ2v) is 6.30. The predicted molar refractivity (Wildman–Crippen MR) is 90.7 cm³/mol. The van der Waals surface area contributed by atoms with Crippen molar-refractivity contribution in [1.29, 1.82) is 0 Å². The van der Waals surface area contributed by atoms with E-state index in [0.717, 1.165) is 0 Å². The SMILES string of the molecule is O=C1OCC2=C1[C@@H](c1c(F)cccc1Cl)CC(=O)N2c1ccccc1. The molecule has 0 saturated heterocycles. The number of hydrogen-bond donors (Lipinski definition) is 0. The Kier molecular flexibility index (Phi) is 3.81. The summed E-state index contributed by atoms with van der Waals surface area (Å²) in [4.78, 5) is 26.6. The van der Waals surface area contributed by atoms with Crippen molar-refractivity contribution in [3.8, 4) is 0 Å². The van der Waals surface area contributed by atoms with Gasteiger partial charge in [0.2, 0.25) is 5.91 Å². The minimum Gasteiger partial charge on any atom is -0.456 e. The van der Waals surface area contributed by atoms with Crippen LogP contribution in [0, 0.1) is 5.82 Å². The number of benzene rings is 2. The van der Waals surface area contributed by atoms with Crippen LogP contribution < -0.4 is 4.90 Å². The van der Waals surface area contributed by atoms with E-state index in [0.29, 0.717) is 17.0 Å². The number of carbonyl (C=O) groups is 2. The summed E-state index contributed by atoms with van der Waals surface area (Å²) in [6.45, 7) is -0.0165. The van der Waals surface area contributed by atoms with E-state index in [2.05, 4.69) is 0 Å². The molecule has 2 heterocycles. The second-order valence-electron chi connectivity index (χ2n) is 5.89. The molecule has 4 rings (SSSR count). The minimum absolute atomic E-state index is 0.0165. The summed E-state index contributed by atoms with van der Waals surface area (Å²) in [5.41, 5.74) is 1.57. The Bertz CT molecular complexity index is 890. The molecule has 0 aliphatic carbocycles. The van der Waals surface area contributed by atoms with E-state index in [4.69, 9.17) is 16.3 Å². The first-order chi connectivity index (χ1) is 12.1. The number of anilines is 1. The zero-order chi connectivity index (χ0) is 17.6. The molecule has 0 saturated carbocycles. The molecule has 0 N–H and O–H groups in total. The highest BCUT2D eigenvalue weighted by atomic mass is 35.5. The number of hydrogen-bond acceptors (Lipinski definition) is 3. The van der Waals surface area contributed by atoms with Crippen molar-refractivity contribution in [3.05, 3.63) is 76.2 Å². The van der Waals surface area contributed by atoms with Gasteiger partial charge >= 0.3 is 5.97 Å². The normalized spacial score (nSPS) is 19.9. The van der Waals surface area contributed by atoms with Crippen LogP contribution in [0.3, 0.4) is 0 Å². The molecule has 2 aliphatic rings. The summed E-state index contributed by atoms with van der Waals surface area (Å²) in [5, 5.41) is 0.192. The molecule has 4 nitrogen and oxygen atoms in total. The van der Waals surface area contributed by atoms with Gasteiger partial charge in [0.15, 0.2) is 0 Å². The maximum atomic E-state index is 14.4. The molecule has 6 heteroatoms. The summed E-state index contributed by atoms with van der Waals surface area (Å²) >= 11 is 6.16. The fraction of sp³-hybridized carbons (Fsp3) is 0.158. The highest BCUT2D eigenvalue weighted by Crippen LogP contribution is 2.44. The highest BCUT2D eigenvalue weighted by molar-refractivity contribution is 6.31. The zero-order valence-corrected chi connectivity index (χ0v) is 13.8. The molecule has 2 aromatic rings. The van der Waals surface area contributed by atoms with E-state index in [9.17, 15) is 14.0 Å². The van der Waals surface area contributed by atoms with Gasteiger partial charge < -0.3 is 4.74 Å². The largest absolute Gasteiger partial charge is 0.456 e. The molecular formula is C19H13ClFNO3. The van der Waals surface area contributed by atoms with Gasteiger partial charge in [0.1, 0.15) is 12.4 Å². The second kappa shape index (κ2) is 6.01. The summed E-state index contributed by atoms with van der Waals surface area (Å²) in [5.74, 6) is -2.04. The quantitative estimate of drug-likeness (QED) is 0.768. The lowest BCUT2D eigenvalue weighted by Gasteiger charge is -2.32. The lowest BCUT2D eigenvalue weighted by molar-refractivity contribution is -0.136. The molecule has 0 unspecified atom stereocenters. The van der Waals surface area contributed by atoms with Crippen LogP contribution in [0.5, 0.6) is 0 Å². The molecule has 126 valence electrons. The first-order valence-electron chi connectivity index (χ1n) is 7.80. The maximum Gasteiger partial charge on any atom is 0.336 e. The zero-order valence-electron chi connectivity index (χ0n) is 13.0. The van der Waals surface area contributed by atoms with Crippen LogP contribution in [0.15, 0.2) is 59.8 Å². The topological polar surface area (TPSA) is 46.6 Å². The van der Waals surface area contributed by atoms with E-state index >= 15 is 0 Å². The van der Waals surface area contributed by atoms with Crippen molar-refractivity contribution in [2.45, 2.75) is 12.3 Å². The summed E-state index contributed by atoms with van der Waals surface area (Å²) in [7, 11) is 0. The Hall–Kier alpha value is -2.66. The van der Waals surface area contributed by atoms with Crippen LogP contribution in [0.2, 0.25) is 5.02 Å². The number of rotatable bonds is 2. The third-order valence-corrected chi connectivity index (χ3v) is 4.81. The Morgan fingerprint density at radius 2 is 1.84 bits per heavy atom. The van der Waals surface area contributed by atoms with Gasteiger partial charge in [0.05, 0.1) is 11.3 Å². The number of amides is 1. The summed E-state index contributed by atoms with van der Waals surface area (Å²) in [6, 6.07) is 13.3. The van der Waals surface area contributed by atoms with Crippen molar-refractivity contribution >= 4 is 29.2 Å². The molecule has 1 atom stereocenters. The maximum absolute atomic E-state index is 14.4. The van der Waals surface area contributed by atoms with Crippen LogP contribution in [-0.4, -0.2) is 18.5 Å². The standard InChI is InChI=1S/C19H13ClFNO3/c20-13-7-4-8-14(21)17(13)12-9-16(23)22(11-5-2-1-3-6-11)15-10-25-19(24)18(12)15/h1-8,12H,9-10H2/t12-/m1/s1. The molecule has 1 amide bonds. The Morgan fingerprint density at radius 1 is 1.08 bits per heavy atom. The molecule has 0 radical (unpaired) electrons. The van der Waals surface area contributed by atoms with Crippen molar-refractivity contribution in [2.75, 3.05) is 11.5 Å². The van der Waals surface area contributed by atoms with Crippen LogP contribution >= 0.6 is 11.6 Å². The Morgan fingerprint density at radius 3 is 2.56 bits per heavy atom. The number of ether oxygens (including phenoxy) is 1.